The third kappa shape index (κ3) is 4.63. The van der Waals surface area contributed by atoms with Crippen molar-refractivity contribution < 1.29 is 14.1 Å². The molecule has 0 spiro atoms. The van der Waals surface area contributed by atoms with Crippen LogP contribution >= 0.6 is 0 Å². The van der Waals surface area contributed by atoms with Gasteiger partial charge in [-0.25, -0.2) is 0 Å². The summed E-state index contributed by atoms with van der Waals surface area (Å²) in [6.07, 6.45) is 2.47. The maximum Gasteiger partial charge on any atom is 0.258 e. The van der Waals surface area contributed by atoms with Gasteiger partial charge < -0.3 is 14.6 Å². The number of methoxy groups -OCH3 is 1. The fourth-order valence-corrected chi connectivity index (χ4v) is 2.28. The fourth-order valence-electron chi connectivity index (χ4n) is 2.28. The van der Waals surface area contributed by atoms with Crippen molar-refractivity contribution in [3.05, 3.63) is 60.2 Å². The molecular formula is C18H18N4O3. The van der Waals surface area contributed by atoms with Gasteiger partial charge in [-0.05, 0) is 30.3 Å². The highest BCUT2D eigenvalue weighted by Crippen LogP contribution is 2.22. The predicted molar refractivity (Wildman–Crippen MR) is 90.9 cm³/mol. The normalized spacial score (nSPS) is 10.4. The molecule has 128 valence electrons. The Bertz CT molecular complexity index is 833. The van der Waals surface area contributed by atoms with Crippen LogP contribution in [0.1, 0.15) is 11.5 Å². The van der Waals surface area contributed by atoms with E-state index in [1.807, 2.05) is 36.4 Å². The zero-order valence-electron chi connectivity index (χ0n) is 13.8. The molecule has 0 aliphatic heterocycles. The molecule has 0 aliphatic rings. The summed E-state index contributed by atoms with van der Waals surface area (Å²) < 4.78 is 10.4. The average Bonchev–Trinajstić information content (AvgIpc) is 3.11. The van der Waals surface area contributed by atoms with Gasteiger partial charge in [-0.3, -0.25) is 9.78 Å². The average molecular weight is 338 g/mol. The lowest BCUT2D eigenvalue weighted by atomic mass is 10.2. The zero-order chi connectivity index (χ0) is 17.5. The van der Waals surface area contributed by atoms with E-state index in [9.17, 15) is 4.79 Å². The first kappa shape index (κ1) is 16.6. The lowest BCUT2D eigenvalue weighted by molar-refractivity contribution is -0.120. The first-order chi connectivity index (χ1) is 12.2. The van der Waals surface area contributed by atoms with Gasteiger partial charge in [0, 0.05) is 30.4 Å². The van der Waals surface area contributed by atoms with E-state index in [-0.39, 0.29) is 12.3 Å². The van der Waals surface area contributed by atoms with Gasteiger partial charge in [0.1, 0.15) is 5.75 Å². The van der Waals surface area contributed by atoms with Crippen LogP contribution in [-0.2, 0) is 17.6 Å². The number of benzene rings is 1. The van der Waals surface area contributed by atoms with Crippen molar-refractivity contribution in [3.63, 3.8) is 0 Å². The van der Waals surface area contributed by atoms with Crippen LogP contribution in [0.2, 0.25) is 0 Å². The second kappa shape index (κ2) is 8.05. The van der Waals surface area contributed by atoms with Gasteiger partial charge in [0.15, 0.2) is 5.82 Å². The van der Waals surface area contributed by atoms with Crippen molar-refractivity contribution in [1.82, 2.24) is 20.4 Å². The summed E-state index contributed by atoms with van der Waals surface area (Å²) in [6.45, 7) is 0.510. The molecule has 7 heteroatoms. The summed E-state index contributed by atoms with van der Waals surface area (Å²) in [4.78, 5) is 20.4. The molecule has 2 heterocycles. The largest absolute Gasteiger partial charge is 0.497 e. The molecule has 1 N–H and O–H groups in total. The summed E-state index contributed by atoms with van der Waals surface area (Å²) in [7, 11) is 1.59. The van der Waals surface area contributed by atoms with E-state index in [2.05, 4.69) is 20.4 Å². The molecule has 0 saturated heterocycles. The number of pyridine rings is 1. The van der Waals surface area contributed by atoms with Gasteiger partial charge in [-0.15, -0.1) is 0 Å². The number of hydrogen-bond donors (Lipinski definition) is 1. The number of rotatable bonds is 7. The van der Waals surface area contributed by atoms with E-state index in [1.165, 1.54) is 0 Å². The van der Waals surface area contributed by atoms with Gasteiger partial charge >= 0.3 is 0 Å². The van der Waals surface area contributed by atoms with E-state index < -0.39 is 0 Å². The molecule has 3 rings (SSSR count). The third-order valence-electron chi connectivity index (χ3n) is 3.53. The molecule has 0 unspecified atom stereocenters. The summed E-state index contributed by atoms with van der Waals surface area (Å²) in [6, 6.07) is 13.0. The lowest BCUT2D eigenvalue weighted by Gasteiger charge is -2.02. The Hall–Kier alpha value is -3.22. The maximum absolute atomic E-state index is 12.0. The van der Waals surface area contributed by atoms with Crippen LogP contribution in [0.15, 0.2) is 53.2 Å². The lowest BCUT2D eigenvalue weighted by Crippen LogP contribution is -2.27. The molecule has 0 saturated carbocycles. The molecule has 1 amide bonds. The number of amides is 1. The van der Waals surface area contributed by atoms with E-state index in [1.54, 1.807) is 19.4 Å². The topological polar surface area (TPSA) is 90.1 Å². The highest BCUT2D eigenvalue weighted by Gasteiger charge is 2.12. The van der Waals surface area contributed by atoms with Crippen LogP contribution in [0.5, 0.6) is 5.75 Å². The highest BCUT2D eigenvalue weighted by molar-refractivity contribution is 5.77. The molecule has 0 radical (unpaired) electrons. The molecule has 0 atom stereocenters. The van der Waals surface area contributed by atoms with Crippen LogP contribution < -0.4 is 10.1 Å². The summed E-state index contributed by atoms with van der Waals surface area (Å²) in [5.74, 6) is 1.24. The SMILES string of the molecule is COc1cccc(-c2nc(CC(=O)NCCc3ccccn3)no2)c1. The Morgan fingerprint density at radius 3 is 2.96 bits per heavy atom. The van der Waals surface area contributed by atoms with Crippen molar-refractivity contribution in [2.75, 3.05) is 13.7 Å². The van der Waals surface area contributed by atoms with Gasteiger partial charge in [-0.2, -0.15) is 4.98 Å². The number of carbonyl (C=O) groups is 1. The summed E-state index contributed by atoms with van der Waals surface area (Å²) in [5.41, 5.74) is 1.68. The summed E-state index contributed by atoms with van der Waals surface area (Å²) in [5, 5.41) is 6.68. The molecule has 2 aromatic heterocycles. The minimum absolute atomic E-state index is 0.0652. The van der Waals surface area contributed by atoms with Crippen LogP contribution in [0.4, 0.5) is 0 Å². The number of hydrogen-bond acceptors (Lipinski definition) is 6. The van der Waals surface area contributed by atoms with Gasteiger partial charge in [0.2, 0.25) is 5.91 Å². The fraction of sp³-hybridized carbons (Fsp3) is 0.222. The number of aromatic nitrogens is 3. The van der Waals surface area contributed by atoms with Crippen LogP contribution in [0.3, 0.4) is 0 Å². The molecular weight excluding hydrogens is 320 g/mol. The third-order valence-corrected chi connectivity index (χ3v) is 3.53. The van der Waals surface area contributed by atoms with Crippen molar-refractivity contribution >= 4 is 5.91 Å². The smallest absolute Gasteiger partial charge is 0.258 e. The van der Waals surface area contributed by atoms with Crippen molar-refractivity contribution in [1.29, 1.82) is 0 Å². The van der Waals surface area contributed by atoms with Crippen molar-refractivity contribution in [2.45, 2.75) is 12.8 Å². The molecule has 1 aromatic carbocycles. The molecule has 3 aromatic rings. The first-order valence-corrected chi connectivity index (χ1v) is 7.88. The van der Waals surface area contributed by atoms with Gasteiger partial charge in [-0.1, -0.05) is 17.3 Å². The molecule has 0 bridgehead atoms. The number of nitrogens with zero attached hydrogens (tertiary/aromatic N) is 3. The summed E-state index contributed by atoms with van der Waals surface area (Å²) >= 11 is 0. The Morgan fingerprint density at radius 1 is 1.24 bits per heavy atom. The monoisotopic (exact) mass is 338 g/mol. The zero-order valence-corrected chi connectivity index (χ0v) is 13.8. The van der Waals surface area contributed by atoms with E-state index in [4.69, 9.17) is 9.26 Å². The second-order valence-corrected chi connectivity index (χ2v) is 5.35. The minimum Gasteiger partial charge on any atom is -0.497 e. The number of carbonyl (C=O) groups excluding carboxylic acids is 1. The van der Waals surface area contributed by atoms with Gasteiger partial charge in [0.05, 0.1) is 13.5 Å². The molecule has 0 fully saturated rings. The maximum atomic E-state index is 12.0. The molecule has 7 nitrogen and oxygen atoms in total. The Labute approximate surface area is 145 Å². The van der Waals surface area contributed by atoms with Crippen LogP contribution in [0.25, 0.3) is 11.5 Å². The Morgan fingerprint density at radius 2 is 2.16 bits per heavy atom. The minimum atomic E-state index is -0.158. The quantitative estimate of drug-likeness (QED) is 0.709. The van der Waals surface area contributed by atoms with E-state index >= 15 is 0 Å². The van der Waals surface area contributed by atoms with E-state index in [0.29, 0.717) is 30.4 Å². The van der Waals surface area contributed by atoms with Crippen LogP contribution in [-0.4, -0.2) is 34.7 Å². The van der Waals surface area contributed by atoms with Gasteiger partial charge in [0.25, 0.3) is 5.89 Å². The first-order valence-electron chi connectivity index (χ1n) is 7.88. The number of nitrogens with one attached hydrogen (secondary N) is 1. The predicted octanol–water partition coefficient (Wildman–Crippen LogP) is 2.04. The molecule has 0 aliphatic carbocycles. The van der Waals surface area contributed by atoms with Crippen molar-refractivity contribution in [3.8, 4) is 17.2 Å². The van der Waals surface area contributed by atoms with Crippen LogP contribution in [0, 0.1) is 0 Å². The number of ether oxygens (including phenoxy) is 1. The Kier molecular flexibility index (Phi) is 5.36. The van der Waals surface area contributed by atoms with Crippen molar-refractivity contribution in [2.24, 2.45) is 0 Å². The second-order valence-electron chi connectivity index (χ2n) is 5.35. The highest BCUT2D eigenvalue weighted by atomic mass is 16.5. The van der Waals surface area contributed by atoms with E-state index in [0.717, 1.165) is 11.3 Å². The Balaban J connectivity index is 1.53. The standard InChI is InChI=1S/C18H18N4O3/c1-24-15-7-4-5-13(11-15)18-21-16(22-25-18)12-17(23)20-10-8-14-6-2-3-9-19-14/h2-7,9,11H,8,10,12H2,1H3,(H,20,23). The molecule has 25 heavy (non-hydrogen) atoms.